The summed E-state index contributed by atoms with van der Waals surface area (Å²) in [5.74, 6) is 0.108. The van der Waals surface area contributed by atoms with Crippen LogP contribution in [0.1, 0.15) is 15.9 Å². The van der Waals surface area contributed by atoms with Crippen LogP contribution in [0, 0.1) is 0 Å². The monoisotopic (exact) mass is 395 g/mol. The average molecular weight is 396 g/mol. The van der Waals surface area contributed by atoms with Crippen LogP contribution in [0.3, 0.4) is 0 Å². The molecule has 0 atom stereocenters. The average Bonchev–Trinajstić information content (AvgIpc) is 2.73. The van der Waals surface area contributed by atoms with E-state index in [-0.39, 0.29) is 18.4 Å². The van der Waals surface area contributed by atoms with Crippen molar-refractivity contribution in [1.29, 1.82) is 0 Å². The van der Waals surface area contributed by atoms with Gasteiger partial charge in [-0.15, -0.1) is 0 Å². The Balaban J connectivity index is 1.45. The fourth-order valence-corrected chi connectivity index (χ4v) is 2.49. The van der Waals surface area contributed by atoms with E-state index >= 15 is 0 Å². The van der Waals surface area contributed by atoms with E-state index in [1.54, 1.807) is 54.7 Å². The van der Waals surface area contributed by atoms with Gasteiger partial charge in [-0.3, -0.25) is 14.6 Å². The zero-order chi connectivity index (χ0) is 19.8. The van der Waals surface area contributed by atoms with E-state index < -0.39 is 0 Å². The number of ether oxygens (including phenoxy) is 1. The minimum absolute atomic E-state index is 0.107. The molecule has 0 radical (unpaired) electrons. The number of carbonyl (C=O) groups is 2. The lowest BCUT2D eigenvalue weighted by atomic mass is 10.2. The third-order valence-corrected chi connectivity index (χ3v) is 4.05. The summed E-state index contributed by atoms with van der Waals surface area (Å²) in [5, 5.41) is 6.18. The van der Waals surface area contributed by atoms with Crippen molar-refractivity contribution in [3.8, 4) is 5.75 Å². The second-order valence-electron chi connectivity index (χ2n) is 5.91. The molecule has 28 heavy (non-hydrogen) atoms. The molecule has 0 aliphatic heterocycles. The number of aromatic nitrogens is 1. The molecular formula is C21H18ClN3O3. The van der Waals surface area contributed by atoms with Gasteiger partial charge >= 0.3 is 0 Å². The van der Waals surface area contributed by atoms with Crippen LogP contribution in [0.5, 0.6) is 5.75 Å². The summed E-state index contributed by atoms with van der Waals surface area (Å²) in [6.07, 6.45) is 3.13. The first-order valence-corrected chi connectivity index (χ1v) is 8.93. The Bertz CT molecular complexity index is 929. The van der Waals surface area contributed by atoms with Gasteiger partial charge in [0.25, 0.3) is 11.8 Å². The number of carbonyl (C=O) groups excluding carboxylic acids is 2. The lowest BCUT2D eigenvalue weighted by molar-refractivity contribution is -0.118. The van der Waals surface area contributed by atoms with Crippen LogP contribution >= 0.6 is 11.6 Å². The predicted molar refractivity (Wildman–Crippen MR) is 107 cm³/mol. The van der Waals surface area contributed by atoms with Crippen LogP contribution < -0.4 is 15.4 Å². The van der Waals surface area contributed by atoms with Crippen molar-refractivity contribution in [2.24, 2.45) is 0 Å². The minimum Gasteiger partial charge on any atom is -0.484 e. The van der Waals surface area contributed by atoms with Gasteiger partial charge in [0, 0.05) is 29.6 Å². The van der Waals surface area contributed by atoms with Crippen molar-refractivity contribution in [2.45, 2.75) is 6.54 Å². The molecule has 0 fully saturated rings. The Hall–Kier alpha value is -3.38. The summed E-state index contributed by atoms with van der Waals surface area (Å²) in [4.78, 5) is 27.9. The van der Waals surface area contributed by atoms with Crippen molar-refractivity contribution in [1.82, 2.24) is 10.3 Å². The molecule has 0 saturated carbocycles. The first-order valence-electron chi connectivity index (χ1n) is 8.55. The number of nitrogens with zero attached hydrogens (tertiary/aromatic N) is 1. The van der Waals surface area contributed by atoms with Gasteiger partial charge in [-0.2, -0.15) is 0 Å². The fraction of sp³-hybridized carbons (Fsp3) is 0.0952. The number of amides is 2. The molecule has 0 spiro atoms. The largest absolute Gasteiger partial charge is 0.484 e. The molecular weight excluding hydrogens is 378 g/mol. The summed E-state index contributed by atoms with van der Waals surface area (Å²) >= 11 is 5.80. The van der Waals surface area contributed by atoms with E-state index in [1.807, 2.05) is 12.1 Å². The van der Waals surface area contributed by atoms with Crippen LogP contribution in [-0.2, 0) is 11.3 Å². The highest BCUT2D eigenvalue weighted by Crippen LogP contribution is 2.15. The van der Waals surface area contributed by atoms with Crippen LogP contribution in [-0.4, -0.2) is 23.4 Å². The van der Waals surface area contributed by atoms with Crippen molar-refractivity contribution in [2.75, 3.05) is 11.9 Å². The Morgan fingerprint density at radius 1 is 1.00 bits per heavy atom. The summed E-state index contributed by atoms with van der Waals surface area (Å²) < 4.78 is 5.40. The molecule has 2 N–H and O–H groups in total. The molecule has 0 unspecified atom stereocenters. The first kappa shape index (κ1) is 19.4. The highest BCUT2D eigenvalue weighted by atomic mass is 35.5. The third kappa shape index (κ3) is 5.82. The van der Waals surface area contributed by atoms with Crippen LogP contribution in [0.15, 0.2) is 73.1 Å². The first-order chi connectivity index (χ1) is 13.6. The van der Waals surface area contributed by atoms with Crippen LogP contribution in [0.4, 0.5) is 5.69 Å². The topological polar surface area (TPSA) is 80.3 Å². The number of rotatable bonds is 7. The molecule has 6 nitrogen and oxygen atoms in total. The predicted octanol–water partition coefficient (Wildman–Crippen LogP) is 3.68. The second-order valence-corrected chi connectivity index (χ2v) is 6.35. The normalized spacial score (nSPS) is 10.2. The molecule has 0 aliphatic rings. The fourth-order valence-electron chi connectivity index (χ4n) is 2.36. The van der Waals surface area contributed by atoms with Gasteiger partial charge in [-0.1, -0.05) is 23.7 Å². The summed E-state index contributed by atoms with van der Waals surface area (Å²) in [5.41, 5.74) is 2.06. The second kappa shape index (κ2) is 9.53. The molecule has 0 saturated heterocycles. The molecule has 2 aromatic carbocycles. The summed E-state index contributed by atoms with van der Waals surface area (Å²) in [6, 6.07) is 17.4. The van der Waals surface area contributed by atoms with Gasteiger partial charge in [-0.25, -0.2) is 0 Å². The Labute approximate surface area is 167 Å². The molecule has 7 heteroatoms. The lowest BCUT2D eigenvalue weighted by Gasteiger charge is -2.09. The van der Waals surface area contributed by atoms with E-state index in [4.69, 9.17) is 16.3 Å². The van der Waals surface area contributed by atoms with Crippen molar-refractivity contribution >= 4 is 29.1 Å². The van der Waals surface area contributed by atoms with Gasteiger partial charge < -0.3 is 15.4 Å². The van der Waals surface area contributed by atoms with Crippen molar-refractivity contribution in [3.05, 3.63) is 89.2 Å². The highest BCUT2D eigenvalue weighted by molar-refractivity contribution is 6.30. The van der Waals surface area contributed by atoms with Crippen molar-refractivity contribution < 1.29 is 14.3 Å². The number of benzene rings is 2. The van der Waals surface area contributed by atoms with Gasteiger partial charge in [0.2, 0.25) is 0 Å². The Morgan fingerprint density at radius 2 is 1.75 bits per heavy atom. The molecule has 0 bridgehead atoms. The van der Waals surface area contributed by atoms with Gasteiger partial charge in [0.1, 0.15) is 5.75 Å². The maximum Gasteiger partial charge on any atom is 0.262 e. The van der Waals surface area contributed by atoms with Gasteiger partial charge in [0.05, 0.1) is 5.56 Å². The minimum atomic E-state index is -0.271. The Morgan fingerprint density at radius 3 is 2.43 bits per heavy atom. The zero-order valence-electron chi connectivity index (χ0n) is 14.9. The maximum atomic E-state index is 12.0. The summed E-state index contributed by atoms with van der Waals surface area (Å²) in [7, 11) is 0. The van der Waals surface area contributed by atoms with Crippen molar-refractivity contribution in [3.63, 3.8) is 0 Å². The number of pyridine rings is 1. The standard InChI is InChI=1S/C21H18ClN3O3/c22-17-5-9-19(10-6-17)28-14-20(26)25-18-7-3-15(4-8-18)12-24-21(27)16-2-1-11-23-13-16/h1-11,13H,12,14H2,(H,24,27)(H,25,26). The van der Waals surface area contributed by atoms with E-state index in [1.165, 1.54) is 6.20 Å². The molecule has 1 heterocycles. The number of hydrogen-bond acceptors (Lipinski definition) is 4. The maximum absolute atomic E-state index is 12.0. The molecule has 3 aromatic rings. The molecule has 0 aliphatic carbocycles. The number of nitrogens with one attached hydrogen (secondary N) is 2. The van der Waals surface area contributed by atoms with E-state index in [9.17, 15) is 9.59 Å². The molecule has 2 amide bonds. The van der Waals surface area contributed by atoms with Crippen LogP contribution in [0.2, 0.25) is 5.02 Å². The third-order valence-electron chi connectivity index (χ3n) is 3.80. The van der Waals surface area contributed by atoms with Gasteiger partial charge in [-0.05, 0) is 54.1 Å². The van der Waals surface area contributed by atoms with Crippen LogP contribution in [0.25, 0.3) is 0 Å². The number of anilines is 1. The quantitative estimate of drug-likeness (QED) is 0.639. The van der Waals surface area contributed by atoms with Gasteiger partial charge in [0.15, 0.2) is 6.61 Å². The SMILES string of the molecule is O=C(COc1ccc(Cl)cc1)Nc1ccc(CNC(=O)c2cccnc2)cc1. The van der Waals surface area contributed by atoms with E-state index in [0.717, 1.165) is 5.56 Å². The molecule has 3 rings (SSSR count). The lowest BCUT2D eigenvalue weighted by Crippen LogP contribution is -2.23. The Kier molecular flexibility index (Phi) is 6.59. The van der Waals surface area contributed by atoms with E-state index in [2.05, 4.69) is 15.6 Å². The molecule has 142 valence electrons. The van der Waals surface area contributed by atoms with E-state index in [0.29, 0.717) is 28.6 Å². The number of hydrogen-bond donors (Lipinski definition) is 2. The highest BCUT2D eigenvalue weighted by Gasteiger charge is 2.06. The number of halogens is 1. The summed E-state index contributed by atoms with van der Waals surface area (Å²) in [6.45, 7) is 0.270. The molecule has 1 aromatic heterocycles. The smallest absolute Gasteiger partial charge is 0.262 e. The zero-order valence-corrected chi connectivity index (χ0v) is 15.6.